The van der Waals surface area contributed by atoms with Crippen molar-refractivity contribution in [1.29, 1.82) is 0 Å². The van der Waals surface area contributed by atoms with Crippen LogP contribution in [-0.2, 0) is 17.8 Å². The third-order valence-electron chi connectivity index (χ3n) is 3.98. The van der Waals surface area contributed by atoms with Crippen molar-refractivity contribution in [2.45, 2.75) is 51.5 Å². The number of ether oxygens (including phenoxy) is 2. The van der Waals surface area contributed by atoms with Gasteiger partial charge < -0.3 is 25.0 Å². The number of aliphatic hydroxyl groups excluding tert-OH is 2. The quantitative estimate of drug-likeness (QED) is 0.648. The van der Waals surface area contributed by atoms with E-state index in [1.54, 1.807) is 20.8 Å². The predicted octanol–water partition coefficient (Wildman–Crippen LogP) is 3.05. The van der Waals surface area contributed by atoms with Crippen molar-refractivity contribution in [2.24, 2.45) is 0 Å². The summed E-state index contributed by atoms with van der Waals surface area (Å²) in [6.45, 7) is 5.31. The van der Waals surface area contributed by atoms with Crippen LogP contribution in [-0.4, -0.2) is 40.7 Å². The number of amides is 1. The number of aliphatic hydroxyl groups is 2. The van der Waals surface area contributed by atoms with Crippen LogP contribution in [0.5, 0.6) is 5.75 Å². The molecular formula is C22H29NO5. The Morgan fingerprint density at radius 1 is 1.04 bits per heavy atom. The molecule has 0 aliphatic heterocycles. The molecule has 0 saturated heterocycles. The topological polar surface area (TPSA) is 88.0 Å². The number of benzene rings is 2. The molecular weight excluding hydrogens is 358 g/mol. The van der Waals surface area contributed by atoms with E-state index in [2.05, 4.69) is 5.32 Å². The van der Waals surface area contributed by atoms with Crippen molar-refractivity contribution in [3.8, 4) is 5.75 Å². The summed E-state index contributed by atoms with van der Waals surface area (Å²) in [6, 6.07) is 16.6. The second kappa shape index (κ2) is 10.1. The smallest absolute Gasteiger partial charge is 0.407 e. The van der Waals surface area contributed by atoms with Gasteiger partial charge in [0, 0.05) is 0 Å². The van der Waals surface area contributed by atoms with Gasteiger partial charge in [-0.2, -0.15) is 0 Å². The van der Waals surface area contributed by atoms with Gasteiger partial charge in [0.15, 0.2) is 0 Å². The Kier molecular flexibility index (Phi) is 7.84. The van der Waals surface area contributed by atoms with Crippen LogP contribution in [0.15, 0.2) is 54.6 Å². The molecule has 2 rings (SSSR count). The van der Waals surface area contributed by atoms with Crippen LogP contribution < -0.4 is 10.1 Å². The van der Waals surface area contributed by atoms with Crippen LogP contribution in [0.25, 0.3) is 0 Å². The Morgan fingerprint density at radius 2 is 1.68 bits per heavy atom. The van der Waals surface area contributed by atoms with Gasteiger partial charge in [-0.1, -0.05) is 42.5 Å². The fourth-order valence-electron chi connectivity index (χ4n) is 2.59. The lowest BCUT2D eigenvalue weighted by molar-refractivity contribution is 0.0320. The maximum Gasteiger partial charge on any atom is 0.407 e. The number of alkyl carbamates (subject to hydrolysis) is 1. The van der Waals surface area contributed by atoms with E-state index in [1.807, 2.05) is 54.6 Å². The highest BCUT2D eigenvalue weighted by molar-refractivity contribution is 5.68. The Bertz CT molecular complexity index is 725. The first-order valence-electron chi connectivity index (χ1n) is 9.31. The molecule has 6 heteroatoms. The molecule has 0 radical (unpaired) electrons. The summed E-state index contributed by atoms with van der Waals surface area (Å²) in [6.07, 6.45) is -1.38. The van der Waals surface area contributed by atoms with Crippen LogP contribution in [0.1, 0.15) is 31.9 Å². The lowest BCUT2D eigenvalue weighted by atomic mass is 10.0. The first kappa shape index (κ1) is 21.7. The number of carbonyl (C=O) groups excluding carboxylic acids is 1. The zero-order valence-electron chi connectivity index (χ0n) is 16.6. The van der Waals surface area contributed by atoms with Crippen molar-refractivity contribution in [3.63, 3.8) is 0 Å². The maximum absolute atomic E-state index is 12.0. The minimum atomic E-state index is -1.10. The molecule has 0 saturated carbocycles. The molecule has 0 fully saturated rings. The third-order valence-corrected chi connectivity index (χ3v) is 3.98. The van der Waals surface area contributed by atoms with E-state index in [1.165, 1.54) is 0 Å². The standard InChI is InChI=1S/C22H29NO5/c1-22(2,3)28-21(26)23-19(20(25)14-24)13-16-9-11-18(12-10-16)27-15-17-7-5-4-6-8-17/h4-12,19-20,24-25H,13-15H2,1-3H3,(H,23,26)/t19-,20?/m1/s1. The van der Waals surface area contributed by atoms with Gasteiger partial charge in [-0.15, -0.1) is 0 Å². The lowest BCUT2D eigenvalue weighted by Crippen LogP contribution is -2.48. The third kappa shape index (κ3) is 7.58. The van der Waals surface area contributed by atoms with Gasteiger partial charge in [-0.05, 0) is 50.5 Å². The zero-order valence-corrected chi connectivity index (χ0v) is 16.6. The van der Waals surface area contributed by atoms with Crippen molar-refractivity contribution in [2.75, 3.05) is 6.61 Å². The van der Waals surface area contributed by atoms with E-state index in [9.17, 15) is 15.0 Å². The number of hydrogen-bond donors (Lipinski definition) is 3. The van der Waals surface area contributed by atoms with Gasteiger partial charge in [0.25, 0.3) is 0 Å². The summed E-state index contributed by atoms with van der Waals surface area (Å²) in [5, 5.41) is 22.0. The van der Waals surface area contributed by atoms with Crippen LogP contribution >= 0.6 is 0 Å². The summed E-state index contributed by atoms with van der Waals surface area (Å²) < 4.78 is 11.0. The fraction of sp³-hybridized carbons (Fsp3) is 0.409. The highest BCUT2D eigenvalue weighted by Crippen LogP contribution is 2.16. The van der Waals surface area contributed by atoms with Gasteiger partial charge >= 0.3 is 6.09 Å². The van der Waals surface area contributed by atoms with E-state index >= 15 is 0 Å². The number of carbonyl (C=O) groups is 1. The normalized spacial score (nSPS) is 13.5. The second-order valence-electron chi connectivity index (χ2n) is 7.62. The SMILES string of the molecule is CC(C)(C)OC(=O)N[C@H](Cc1ccc(OCc2ccccc2)cc1)C(O)CO. The van der Waals surface area contributed by atoms with E-state index in [4.69, 9.17) is 9.47 Å². The van der Waals surface area contributed by atoms with Gasteiger partial charge in [0.2, 0.25) is 0 Å². The molecule has 0 aliphatic carbocycles. The molecule has 28 heavy (non-hydrogen) atoms. The van der Waals surface area contributed by atoms with Gasteiger partial charge in [-0.25, -0.2) is 4.79 Å². The second-order valence-corrected chi connectivity index (χ2v) is 7.62. The van der Waals surface area contributed by atoms with E-state index < -0.39 is 30.4 Å². The van der Waals surface area contributed by atoms with Crippen molar-refractivity contribution in [1.82, 2.24) is 5.32 Å². The first-order valence-corrected chi connectivity index (χ1v) is 9.31. The minimum absolute atomic E-state index is 0.347. The molecule has 3 N–H and O–H groups in total. The number of hydrogen-bond acceptors (Lipinski definition) is 5. The summed E-state index contributed by atoms with van der Waals surface area (Å²) in [4.78, 5) is 12.0. The maximum atomic E-state index is 12.0. The Hall–Kier alpha value is -2.57. The Morgan fingerprint density at radius 3 is 2.25 bits per heavy atom. The van der Waals surface area contributed by atoms with Gasteiger partial charge in [0.05, 0.1) is 18.8 Å². The molecule has 0 bridgehead atoms. The lowest BCUT2D eigenvalue weighted by Gasteiger charge is -2.26. The summed E-state index contributed by atoms with van der Waals surface area (Å²) in [5.74, 6) is 0.729. The van der Waals surface area contributed by atoms with Crippen molar-refractivity contribution in [3.05, 3.63) is 65.7 Å². The van der Waals surface area contributed by atoms with Crippen LogP contribution in [0.4, 0.5) is 4.79 Å². The average molecular weight is 387 g/mol. The molecule has 0 spiro atoms. The molecule has 0 aromatic heterocycles. The van der Waals surface area contributed by atoms with Crippen molar-refractivity contribution >= 4 is 6.09 Å². The molecule has 0 aliphatic rings. The highest BCUT2D eigenvalue weighted by Gasteiger charge is 2.24. The van der Waals surface area contributed by atoms with Gasteiger partial charge in [-0.3, -0.25) is 0 Å². The van der Waals surface area contributed by atoms with E-state index in [-0.39, 0.29) is 0 Å². The molecule has 6 nitrogen and oxygen atoms in total. The largest absolute Gasteiger partial charge is 0.489 e. The fourth-order valence-corrected chi connectivity index (χ4v) is 2.59. The molecule has 1 unspecified atom stereocenters. The van der Waals surface area contributed by atoms with E-state index in [0.29, 0.717) is 13.0 Å². The minimum Gasteiger partial charge on any atom is -0.489 e. The molecule has 0 heterocycles. The number of rotatable bonds is 8. The summed E-state index contributed by atoms with van der Waals surface area (Å²) in [7, 11) is 0. The number of nitrogens with one attached hydrogen (secondary N) is 1. The zero-order chi connectivity index (χ0) is 20.6. The summed E-state index contributed by atoms with van der Waals surface area (Å²) >= 11 is 0. The highest BCUT2D eigenvalue weighted by atomic mass is 16.6. The van der Waals surface area contributed by atoms with Crippen LogP contribution in [0, 0.1) is 0 Å². The van der Waals surface area contributed by atoms with E-state index in [0.717, 1.165) is 16.9 Å². The van der Waals surface area contributed by atoms with Crippen molar-refractivity contribution < 1.29 is 24.5 Å². The molecule has 152 valence electrons. The Balaban J connectivity index is 1.95. The summed E-state index contributed by atoms with van der Waals surface area (Å²) in [5.41, 5.74) is 1.33. The Labute approximate surface area is 166 Å². The van der Waals surface area contributed by atoms with Crippen LogP contribution in [0.3, 0.4) is 0 Å². The predicted molar refractivity (Wildman–Crippen MR) is 107 cm³/mol. The molecule has 2 aromatic carbocycles. The molecule has 2 atom stereocenters. The molecule has 2 aromatic rings. The molecule has 1 amide bonds. The monoisotopic (exact) mass is 387 g/mol. The van der Waals surface area contributed by atoms with Gasteiger partial charge in [0.1, 0.15) is 18.0 Å². The van der Waals surface area contributed by atoms with Crippen LogP contribution in [0.2, 0.25) is 0 Å². The first-order chi connectivity index (χ1) is 13.3. The average Bonchev–Trinajstić information content (AvgIpc) is 2.65.